The third kappa shape index (κ3) is 3.07. The van der Waals surface area contributed by atoms with Gasteiger partial charge in [0.1, 0.15) is 0 Å². The van der Waals surface area contributed by atoms with E-state index < -0.39 is 11.7 Å². The average molecular weight is 253 g/mol. The summed E-state index contributed by atoms with van der Waals surface area (Å²) in [5.41, 5.74) is 3.03. The number of nitrogens with one attached hydrogen (secondary N) is 1. The van der Waals surface area contributed by atoms with Crippen molar-refractivity contribution in [2.45, 2.75) is 13.8 Å². The Labute approximate surface area is 112 Å². The maximum Gasteiger partial charge on any atom is 0.296 e. The summed E-state index contributed by atoms with van der Waals surface area (Å²) in [5.74, 6) is -1.14. The molecule has 0 aliphatic heterocycles. The molecular formula is C16H15NO2. The number of aryl methyl sites for hydroxylation is 2. The minimum atomic E-state index is -0.611. The summed E-state index contributed by atoms with van der Waals surface area (Å²) in [6, 6.07) is 14.3. The molecule has 1 N–H and O–H groups in total. The molecule has 0 fully saturated rings. The third-order valence-electron chi connectivity index (χ3n) is 2.88. The summed E-state index contributed by atoms with van der Waals surface area (Å²) in [5, 5.41) is 2.66. The normalized spacial score (nSPS) is 10.0. The number of carbonyl (C=O) groups is 2. The van der Waals surface area contributed by atoms with Crippen LogP contribution >= 0.6 is 0 Å². The van der Waals surface area contributed by atoms with Crippen LogP contribution in [0.5, 0.6) is 0 Å². The molecule has 2 aromatic rings. The molecule has 2 rings (SSSR count). The molecule has 0 saturated heterocycles. The lowest BCUT2D eigenvalue weighted by Gasteiger charge is -2.08. The number of hydrogen-bond donors (Lipinski definition) is 1. The Morgan fingerprint density at radius 1 is 0.947 bits per heavy atom. The Balaban J connectivity index is 2.18. The lowest BCUT2D eigenvalue weighted by Crippen LogP contribution is -2.23. The second kappa shape index (κ2) is 5.48. The van der Waals surface area contributed by atoms with Gasteiger partial charge in [-0.05, 0) is 31.0 Å². The minimum Gasteiger partial charge on any atom is -0.319 e. The van der Waals surface area contributed by atoms with Gasteiger partial charge >= 0.3 is 0 Å². The first-order valence-electron chi connectivity index (χ1n) is 6.06. The molecule has 0 aliphatic carbocycles. The van der Waals surface area contributed by atoms with Gasteiger partial charge in [-0.15, -0.1) is 0 Å². The van der Waals surface area contributed by atoms with Gasteiger partial charge in [-0.3, -0.25) is 9.59 Å². The van der Waals surface area contributed by atoms with Gasteiger partial charge in [0.25, 0.3) is 11.7 Å². The van der Waals surface area contributed by atoms with Crippen molar-refractivity contribution in [2.75, 3.05) is 5.32 Å². The van der Waals surface area contributed by atoms with Gasteiger partial charge < -0.3 is 5.32 Å². The van der Waals surface area contributed by atoms with E-state index in [2.05, 4.69) is 5.32 Å². The van der Waals surface area contributed by atoms with E-state index in [9.17, 15) is 9.59 Å². The molecule has 0 unspecified atom stereocenters. The van der Waals surface area contributed by atoms with Gasteiger partial charge in [0, 0.05) is 11.3 Å². The fourth-order valence-electron chi connectivity index (χ4n) is 1.77. The second-order valence-electron chi connectivity index (χ2n) is 4.47. The van der Waals surface area contributed by atoms with E-state index in [-0.39, 0.29) is 0 Å². The fraction of sp³-hybridized carbons (Fsp3) is 0.125. The molecule has 0 radical (unpaired) electrons. The van der Waals surface area contributed by atoms with Crippen LogP contribution in [0.1, 0.15) is 21.5 Å². The summed E-state index contributed by atoms with van der Waals surface area (Å²) in [4.78, 5) is 23.8. The summed E-state index contributed by atoms with van der Waals surface area (Å²) in [7, 11) is 0. The Kier molecular flexibility index (Phi) is 3.76. The summed E-state index contributed by atoms with van der Waals surface area (Å²) < 4.78 is 0. The molecule has 3 heteroatoms. The van der Waals surface area contributed by atoms with E-state index in [1.54, 1.807) is 30.3 Å². The van der Waals surface area contributed by atoms with Crippen LogP contribution in [0.3, 0.4) is 0 Å². The number of amides is 1. The van der Waals surface area contributed by atoms with Crippen LogP contribution in [0.25, 0.3) is 0 Å². The quantitative estimate of drug-likeness (QED) is 0.674. The van der Waals surface area contributed by atoms with Gasteiger partial charge in [0.15, 0.2) is 0 Å². The van der Waals surface area contributed by atoms with Crippen molar-refractivity contribution >= 4 is 17.4 Å². The highest BCUT2D eigenvalue weighted by molar-refractivity contribution is 6.46. The molecule has 1 amide bonds. The van der Waals surface area contributed by atoms with Crippen molar-refractivity contribution in [3.63, 3.8) is 0 Å². The lowest BCUT2D eigenvalue weighted by atomic mass is 10.1. The first-order chi connectivity index (χ1) is 9.08. The van der Waals surface area contributed by atoms with Crippen molar-refractivity contribution < 1.29 is 9.59 Å². The third-order valence-corrected chi connectivity index (χ3v) is 2.88. The Morgan fingerprint density at radius 2 is 1.63 bits per heavy atom. The number of anilines is 1. The number of benzene rings is 2. The summed E-state index contributed by atoms with van der Waals surface area (Å²) in [6.45, 7) is 3.83. The number of carbonyl (C=O) groups excluding carboxylic acids is 2. The molecule has 0 bridgehead atoms. The van der Waals surface area contributed by atoms with Crippen molar-refractivity contribution in [1.29, 1.82) is 0 Å². The average Bonchev–Trinajstić information content (AvgIpc) is 2.43. The zero-order valence-corrected chi connectivity index (χ0v) is 10.9. The maximum atomic E-state index is 11.9. The van der Waals surface area contributed by atoms with Crippen molar-refractivity contribution in [1.82, 2.24) is 0 Å². The molecular weight excluding hydrogens is 238 g/mol. The van der Waals surface area contributed by atoms with Crippen LogP contribution < -0.4 is 5.32 Å². The molecule has 96 valence electrons. The summed E-state index contributed by atoms with van der Waals surface area (Å²) >= 11 is 0. The van der Waals surface area contributed by atoms with Crippen molar-refractivity contribution in [3.8, 4) is 0 Å². The van der Waals surface area contributed by atoms with E-state index in [1.165, 1.54) is 0 Å². The van der Waals surface area contributed by atoms with Gasteiger partial charge in [0.05, 0.1) is 0 Å². The number of rotatable bonds is 3. The SMILES string of the molecule is Cc1ccc(C)c(NC(=O)C(=O)c2ccccc2)c1. The molecule has 0 saturated carbocycles. The predicted octanol–water partition coefficient (Wildman–Crippen LogP) is 3.12. The highest BCUT2D eigenvalue weighted by Crippen LogP contribution is 2.16. The van der Waals surface area contributed by atoms with E-state index in [1.807, 2.05) is 32.0 Å². The molecule has 0 aromatic heterocycles. The first-order valence-corrected chi connectivity index (χ1v) is 6.06. The van der Waals surface area contributed by atoms with E-state index in [0.29, 0.717) is 11.3 Å². The monoisotopic (exact) mass is 253 g/mol. The smallest absolute Gasteiger partial charge is 0.296 e. The van der Waals surface area contributed by atoms with E-state index >= 15 is 0 Å². The fourth-order valence-corrected chi connectivity index (χ4v) is 1.77. The van der Waals surface area contributed by atoms with Crippen LogP contribution in [-0.2, 0) is 4.79 Å². The van der Waals surface area contributed by atoms with Crippen molar-refractivity contribution in [2.24, 2.45) is 0 Å². The number of Topliss-reactive ketones (excluding diaryl/α,β-unsaturated/α-hetero) is 1. The Hall–Kier alpha value is -2.42. The standard InChI is InChI=1S/C16H15NO2/c1-11-8-9-12(2)14(10-11)17-16(19)15(18)13-6-4-3-5-7-13/h3-10H,1-2H3,(H,17,19). The number of hydrogen-bond acceptors (Lipinski definition) is 2. The number of ketones is 1. The van der Waals surface area contributed by atoms with Crippen LogP contribution in [0.15, 0.2) is 48.5 Å². The topological polar surface area (TPSA) is 46.2 Å². The highest BCUT2D eigenvalue weighted by atomic mass is 16.2. The maximum absolute atomic E-state index is 11.9. The first kappa shape index (κ1) is 13.0. The van der Waals surface area contributed by atoms with Gasteiger partial charge in [-0.25, -0.2) is 0 Å². The lowest BCUT2D eigenvalue weighted by molar-refractivity contribution is -0.112. The largest absolute Gasteiger partial charge is 0.319 e. The molecule has 0 aliphatic rings. The van der Waals surface area contributed by atoms with Crippen LogP contribution in [0.2, 0.25) is 0 Å². The Morgan fingerprint density at radius 3 is 2.32 bits per heavy atom. The van der Waals surface area contributed by atoms with Crippen LogP contribution in [-0.4, -0.2) is 11.7 Å². The van der Waals surface area contributed by atoms with Gasteiger partial charge in [-0.1, -0.05) is 42.5 Å². The molecule has 0 atom stereocenters. The van der Waals surface area contributed by atoms with E-state index in [0.717, 1.165) is 11.1 Å². The molecule has 3 nitrogen and oxygen atoms in total. The van der Waals surface area contributed by atoms with Gasteiger partial charge in [-0.2, -0.15) is 0 Å². The predicted molar refractivity (Wildman–Crippen MR) is 75.3 cm³/mol. The second-order valence-corrected chi connectivity index (χ2v) is 4.47. The zero-order chi connectivity index (χ0) is 13.8. The highest BCUT2D eigenvalue weighted by Gasteiger charge is 2.16. The van der Waals surface area contributed by atoms with E-state index in [4.69, 9.17) is 0 Å². The van der Waals surface area contributed by atoms with Crippen LogP contribution in [0.4, 0.5) is 5.69 Å². The minimum absolute atomic E-state index is 0.394. The zero-order valence-electron chi connectivity index (χ0n) is 10.9. The molecule has 0 heterocycles. The molecule has 19 heavy (non-hydrogen) atoms. The Bertz CT molecular complexity index is 618. The molecule has 0 spiro atoms. The molecule has 2 aromatic carbocycles. The van der Waals surface area contributed by atoms with Gasteiger partial charge in [0.2, 0.25) is 0 Å². The summed E-state index contributed by atoms with van der Waals surface area (Å²) in [6.07, 6.45) is 0. The van der Waals surface area contributed by atoms with Crippen LogP contribution in [0, 0.1) is 13.8 Å². The van der Waals surface area contributed by atoms with Crippen molar-refractivity contribution in [3.05, 3.63) is 65.2 Å².